The van der Waals surface area contributed by atoms with Crippen molar-refractivity contribution in [2.24, 2.45) is 5.41 Å². The molecule has 0 spiro atoms. The summed E-state index contributed by atoms with van der Waals surface area (Å²) in [5.41, 5.74) is -0.473. The first kappa shape index (κ1) is 16.5. The van der Waals surface area contributed by atoms with Gasteiger partial charge < -0.3 is 4.74 Å². The van der Waals surface area contributed by atoms with Crippen LogP contribution in [0.4, 0.5) is 0 Å². The monoisotopic (exact) mass is 325 g/mol. The Labute approximate surface area is 130 Å². The maximum absolute atomic E-state index is 12.3. The molecule has 0 bridgehead atoms. The lowest BCUT2D eigenvalue weighted by molar-refractivity contribution is -0.154. The summed E-state index contributed by atoms with van der Waals surface area (Å²) in [6.07, 6.45) is 0.609. The summed E-state index contributed by atoms with van der Waals surface area (Å²) < 4.78 is 30.4. The molecule has 1 aliphatic heterocycles. The Hall–Kier alpha value is -1.89. The van der Waals surface area contributed by atoms with E-state index in [0.717, 1.165) is 4.31 Å². The van der Waals surface area contributed by atoms with Crippen molar-refractivity contribution in [2.45, 2.75) is 32.1 Å². The second-order valence-corrected chi connectivity index (χ2v) is 7.58. The van der Waals surface area contributed by atoms with Crippen LogP contribution in [0.25, 0.3) is 0 Å². The van der Waals surface area contributed by atoms with Crippen LogP contribution < -0.4 is 0 Å². The van der Waals surface area contributed by atoms with Gasteiger partial charge >= 0.3 is 5.97 Å². The molecule has 1 amide bonds. The molecular weight excluding hydrogens is 306 g/mol. The predicted molar refractivity (Wildman–Crippen MR) is 79.7 cm³/mol. The van der Waals surface area contributed by atoms with Crippen molar-refractivity contribution in [1.82, 2.24) is 4.31 Å². The third kappa shape index (κ3) is 2.72. The van der Waals surface area contributed by atoms with Gasteiger partial charge in [0.05, 0.1) is 17.5 Å². The van der Waals surface area contributed by atoms with Crippen LogP contribution in [0.5, 0.6) is 0 Å². The van der Waals surface area contributed by atoms with Crippen molar-refractivity contribution in [3.05, 3.63) is 29.8 Å². The standard InChI is InChI=1S/C15H19NO5S/c1-4-15(2,3)14(18)21-10-9-16-13(17)11-7-5-6-8-12(11)22(16,19)20/h5-8H,4,9-10H2,1-3H3. The lowest BCUT2D eigenvalue weighted by Crippen LogP contribution is -2.35. The van der Waals surface area contributed by atoms with Crippen molar-refractivity contribution >= 4 is 21.9 Å². The molecule has 1 aliphatic rings. The van der Waals surface area contributed by atoms with Crippen molar-refractivity contribution in [3.8, 4) is 0 Å². The molecule has 0 aromatic heterocycles. The van der Waals surface area contributed by atoms with E-state index in [0.29, 0.717) is 6.42 Å². The Morgan fingerprint density at radius 1 is 1.27 bits per heavy atom. The van der Waals surface area contributed by atoms with Crippen LogP contribution in [0.2, 0.25) is 0 Å². The zero-order valence-corrected chi connectivity index (χ0v) is 13.6. The van der Waals surface area contributed by atoms with Crippen LogP contribution >= 0.6 is 0 Å². The molecular formula is C15H19NO5S. The number of carbonyl (C=O) groups is 2. The second kappa shape index (κ2) is 5.72. The molecule has 7 heteroatoms. The maximum Gasteiger partial charge on any atom is 0.311 e. The molecule has 0 fully saturated rings. The average Bonchev–Trinajstić information content (AvgIpc) is 2.68. The number of benzene rings is 1. The Balaban J connectivity index is 2.07. The predicted octanol–water partition coefficient (Wildman–Crippen LogP) is 1.81. The Kier molecular flexibility index (Phi) is 4.28. The zero-order chi connectivity index (χ0) is 16.5. The van der Waals surface area contributed by atoms with Crippen molar-refractivity contribution in [3.63, 3.8) is 0 Å². The third-order valence-electron chi connectivity index (χ3n) is 3.88. The number of sulfonamides is 1. The number of hydrogen-bond donors (Lipinski definition) is 0. The summed E-state index contributed by atoms with van der Waals surface area (Å²) in [5, 5.41) is 0. The minimum Gasteiger partial charge on any atom is -0.463 e. The van der Waals surface area contributed by atoms with Gasteiger partial charge in [-0.05, 0) is 32.4 Å². The smallest absolute Gasteiger partial charge is 0.311 e. The number of esters is 1. The highest BCUT2D eigenvalue weighted by atomic mass is 32.2. The van der Waals surface area contributed by atoms with Gasteiger partial charge in [-0.3, -0.25) is 9.59 Å². The number of nitrogens with zero attached hydrogens (tertiary/aromatic N) is 1. The van der Waals surface area contributed by atoms with Gasteiger partial charge in [0.2, 0.25) is 0 Å². The van der Waals surface area contributed by atoms with Gasteiger partial charge in [-0.1, -0.05) is 19.1 Å². The summed E-state index contributed by atoms with van der Waals surface area (Å²) in [7, 11) is -3.84. The van der Waals surface area contributed by atoms with Crippen LogP contribution in [-0.4, -0.2) is 37.8 Å². The number of fused-ring (bicyclic) bond motifs is 1. The molecule has 0 radical (unpaired) electrons. The first-order valence-electron chi connectivity index (χ1n) is 7.05. The Morgan fingerprint density at radius 2 is 1.91 bits per heavy atom. The molecule has 1 heterocycles. The molecule has 0 atom stereocenters. The van der Waals surface area contributed by atoms with E-state index in [4.69, 9.17) is 4.74 Å². The van der Waals surface area contributed by atoms with Gasteiger partial charge in [0.25, 0.3) is 15.9 Å². The summed E-state index contributed by atoms with van der Waals surface area (Å²) in [6, 6.07) is 6.05. The minimum atomic E-state index is -3.84. The summed E-state index contributed by atoms with van der Waals surface area (Å²) >= 11 is 0. The van der Waals surface area contributed by atoms with Gasteiger partial charge in [-0.25, -0.2) is 12.7 Å². The number of hydrogen-bond acceptors (Lipinski definition) is 5. The van der Waals surface area contributed by atoms with E-state index in [-0.39, 0.29) is 23.6 Å². The highest BCUT2D eigenvalue weighted by Gasteiger charge is 2.40. The van der Waals surface area contributed by atoms with Gasteiger partial charge in [0.1, 0.15) is 11.5 Å². The fourth-order valence-corrected chi connectivity index (χ4v) is 3.57. The first-order valence-corrected chi connectivity index (χ1v) is 8.49. The van der Waals surface area contributed by atoms with Crippen LogP contribution in [0.1, 0.15) is 37.6 Å². The number of ether oxygens (including phenoxy) is 1. The van der Waals surface area contributed by atoms with Gasteiger partial charge in [0.15, 0.2) is 0 Å². The topological polar surface area (TPSA) is 80.8 Å². The van der Waals surface area contributed by atoms with Crippen LogP contribution in [0.3, 0.4) is 0 Å². The van der Waals surface area contributed by atoms with Gasteiger partial charge in [-0.15, -0.1) is 0 Å². The van der Waals surface area contributed by atoms with E-state index < -0.39 is 27.3 Å². The molecule has 120 valence electrons. The van der Waals surface area contributed by atoms with Gasteiger partial charge in [0, 0.05) is 0 Å². The molecule has 0 saturated carbocycles. The fraction of sp³-hybridized carbons (Fsp3) is 0.467. The second-order valence-electron chi connectivity index (χ2n) is 5.75. The molecule has 1 aromatic rings. The van der Waals surface area contributed by atoms with E-state index in [1.165, 1.54) is 12.1 Å². The Morgan fingerprint density at radius 3 is 2.50 bits per heavy atom. The van der Waals surface area contributed by atoms with E-state index in [1.54, 1.807) is 26.0 Å². The third-order valence-corrected chi connectivity index (χ3v) is 5.72. The maximum atomic E-state index is 12.3. The molecule has 0 unspecified atom stereocenters. The lowest BCUT2D eigenvalue weighted by Gasteiger charge is -2.21. The summed E-state index contributed by atoms with van der Waals surface area (Å²) in [5.74, 6) is -0.988. The lowest BCUT2D eigenvalue weighted by atomic mass is 9.91. The average molecular weight is 325 g/mol. The highest BCUT2D eigenvalue weighted by Crippen LogP contribution is 2.29. The molecule has 6 nitrogen and oxygen atoms in total. The molecule has 0 aliphatic carbocycles. The van der Waals surface area contributed by atoms with Gasteiger partial charge in [-0.2, -0.15) is 0 Å². The normalized spacial score (nSPS) is 16.5. The quantitative estimate of drug-likeness (QED) is 0.771. The van der Waals surface area contributed by atoms with Crippen molar-refractivity contribution in [2.75, 3.05) is 13.2 Å². The largest absolute Gasteiger partial charge is 0.463 e. The SMILES string of the molecule is CCC(C)(C)C(=O)OCCN1C(=O)c2ccccc2S1(=O)=O. The molecule has 2 rings (SSSR count). The molecule has 0 saturated heterocycles. The van der Waals surface area contributed by atoms with Crippen LogP contribution in [-0.2, 0) is 19.6 Å². The van der Waals surface area contributed by atoms with Crippen molar-refractivity contribution in [1.29, 1.82) is 0 Å². The minimum absolute atomic E-state index is 0.000199. The van der Waals surface area contributed by atoms with Crippen LogP contribution in [0, 0.1) is 5.41 Å². The first-order chi connectivity index (χ1) is 10.2. The summed E-state index contributed by atoms with van der Waals surface area (Å²) in [6.45, 7) is 5.04. The number of amides is 1. The molecule has 1 aromatic carbocycles. The zero-order valence-electron chi connectivity index (χ0n) is 12.8. The Bertz CT molecular complexity index is 708. The van der Waals surface area contributed by atoms with E-state index in [1.807, 2.05) is 6.92 Å². The van der Waals surface area contributed by atoms with E-state index in [2.05, 4.69) is 0 Å². The van der Waals surface area contributed by atoms with E-state index >= 15 is 0 Å². The van der Waals surface area contributed by atoms with Crippen LogP contribution in [0.15, 0.2) is 29.2 Å². The highest BCUT2D eigenvalue weighted by molar-refractivity contribution is 7.90. The number of rotatable bonds is 5. The molecule has 0 N–H and O–H groups in total. The van der Waals surface area contributed by atoms with E-state index in [9.17, 15) is 18.0 Å². The molecule has 22 heavy (non-hydrogen) atoms. The summed E-state index contributed by atoms with van der Waals surface area (Å²) in [4.78, 5) is 24.0. The van der Waals surface area contributed by atoms with Crippen molar-refractivity contribution < 1.29 is 22.7 Å². The fourth-order valence-electron chi connectivity index (χ4n) is 2.01. The number of carbonyl (C=O) groups excluding carboxylic acids is 2.